The molecular weight excluding hydrogens is 370 g/mol. The standard InChI is InChI=1S/C23H31NO5/c1-4-5-6-22(25)29-28-20-10-8-16-17-11-12-24(2)18(16)13-15-7-9-19(26-3)21(14-15)27-23(17)20/h7-10,14,16-18,20,23H,4-6,11-13H2,1-3H3/t16-,17+,18-,20+,23-/m1/s1. The van der Waals surface area contributed by atoms with Gasteiger partial charge >= 0.3 is 5.97 Å². The molecule has 3 aliphatic rings. The van der Waals surface area contributed by atoms with Gasteiger partial charge in [-0.2, -0.15) is 4.89 Å². The van der Waals surface area contributed by atoms with Crippen molar-refractivity contribution >= 4 is 5.97 Å². The van der Waals surface area contributed by atoms with Gasteiger partial charge in [0.25, 0.3) is 0 Å². The largest absolute Gasteiger partial charge is 0.493 e. The van der Waals surface area contributed by atoms with Gasteiger partial charge in [0.05, 0.1) is 7.11 Å². The van der Waals surface area contributed by atoms with Crippen LogP contribution in [0.3, 0.4) is 0 Å². The van der Waals surface area contributed by atoms with E-state index in [9.17, 15) is 4.79 Å². The van der Waals surface area contributed by atoms with Gasteiger partial charge in [0.15, 0.2) is 17.6 Å². The Morgan fingerprint density at radius 2 is 2.17 bits per heavy atom. The lowest BCUT2D eigenvalue weighted by atomic mass is 9.71. The molecule has 4 rings (SSSR count). The molecule has 158 valence electrons. The minimum atomic E-state index is -0.433. The van der Waals surface area contributed by atoms with E-state index in [1.165, 1.54) is 5.56 Å². The second kappa shape index (κ2) is 8.76. The van der Waals surface area contributed by atoms with E-state index in [1.54, 1.807) is 7.11 Å². The number of fused-ring (bicyclic) bond motifs is 2. The number of methoxy groups -OCH3 is 1. The van der Waals surface area contributed by atoms with Gasteiger partial charge in [0.2, 0.25) is 0 Å². The summed E-state index contributed by atoms with van der Waals surface area (Å²) in [5.41, 5.74) is 1.24. The monoisotopic (exact) mass is 401 g/mol. The van der Waals surface area contributed by atoms with Crippen molar-refractivity contribution < 1.29 is 24.0 Å². The molecule has 6 heteroatoms. The molecule has 6 nitrogen and oxygen atoms in total. The summed E-state index contributed by atoms with van der Waals surface area (Å²) in [7, 11) is 3.85. The first kappa shape index (κ1) is 20.2. The number of likely N-dealkylation sites (N-methyl/N-ethyl adjacent to an activating group) is 1. The van der Waals surface area contributed by atoms with Crippen molar-refractivity contribution in [2.75, 3.05) is 20.7 Å². The topological polar surface area (TPSA) is 57.2 Å². The molecule has 29 heavy (non-hydrogen) atoms. The lowest BCUT2D eigenvalue weighted by Gasteiger charge is -2.47. The van der Waals surface area contributed by atoms with Gasteiger partial charge in [-0.1, -0.05) is 31.6 Å². The van der Waals surface area contributed by atoms with E-state index in [-0.39, 0.29) is 12.1 Å². The van der Waals surface area contributed by atoms with Crippen molar-refractivity contribution in [1.82, 2.24) is 4.90 Å². The Morgan fingerprint density at radius 1 is 1.31 bits per heavy atom. The third-order valence-electron chi connectivity index (χ3n) is 6.51. The second-order valence-electron chi connectivity index (χ2n) is 8.35. The highest BCUT2D eigenvalue weighted by atomic mass is 17.2. The smallest absolute Gasteiger partial charge is 0.342 e. The molecule has 0 amide bonds. The second-order valence-corrected chi connectivity index (χ2v) is 8.35. The first-order chi connectivity index (χ1) is 14.1. The number of rotatable bonds is 6. The van der Waals surface area contributed by atoms with E-state index in [2.05, 4.69) is 30.2 Å². The number of unbranched alkanes of at least 4 members (excludes halogenated alkanes) is 1. The van der Waals surface area contributed by atoms with Crippen molar-refractivity contribution in [3.05, 3.63) is 35.9 Å². The van der Waals surface area contributed by atoms with Crippen LogP contribution in [0.15, 0.2) is 30.4 Å². The molecule has 0 N–H and O–H groups in total. The van der Waals surface area contributed by atoms with Gasteiger partial charge in [-0.15, -0.1) is 0 Å². The zero-order chi connectivity index (χ0) is 20.4. The summed E-state index contributed by atoms with van der Waals surface area (Å²) in [5.74, 6) is 1.77. The molecule has 0 aromatic heterocycles. The molecule has 0 radical (unpaired) electrons. The summed E-state index contributed by atoms with van der Waals surface area (Å²) in [6.07, 6.45) is 7.66. The van der Waals surface area contributed by atoms with Crippen LogP contribution in [0.25, 0.3) is 0 Å². The van der Waals surface area contributed by atoms with Crippen LogP contribution >= 0.6 is 0 Å². The van der Waals surface area contributed by atoms with E-state index in [4.69, 9.17) is 19.2 Å². The van der Waals surface area contributed by atoms with E-state index in [0.717, 1.165) is 38.0 Å². The SMILES string of the molecule is CCCCC(=O)OO[C@H]1C=C[C@@H]2[C@@H]3CCN(C)[C@@H]2Cc2ccc(OC)c(c2)O[C@H]31. The van der Waals surface area contributed by atoms with Crippen LogP contribution in [0, 0.1) is 11.8 Å². The third-order valence-corrected chi connectivity index (χ3v) is 6.51. The number of carbonyl (C=O) groups excluding carboxylic acids is 1. The fraction of sp³-hybridized carbons (Fsp3) is 0.609. The average molecular weight is 402 g/mol. The van der Waals surface area contributed by atoms with Gasteiger partial charge in [0.1, 0.15) is 6.10 Å². The molecular formula is C23H31NO5. The first-order valence-electron chi connectivity index (χ1n) is 10.7. The Hall–Kier alpha value is -2.05. The first-order valence-corrected chi connectivity index (χ1v) is 10.7. The third kappa shape index (κ3) is 4.14. The maximum absolute atomic E-state index is 12.0. The Balaban J connectivity index is 1.62. The molecule has 1 aliphatic carbocycles. The van der Waals surface area contributed by atoms with Crippen molar-refractivity contribution in [2.45, 2.75) is 57.3 Å². The zero-order valence-electron chi connectivity index (χ0n) is 17.5. The fourth-order valence-corrected chi connectivity index (χ4v) is 4.87. The number of carbonyl (C=O) groups is 1. The Morgan fingerprint density at radius 3 is 2.97 bits per heavy atom. The molecule has 1 saturated heterocycles. The fourth-order valence-electron chi connectivity index (χ4n) is 4.87. The van der Waals surface area contributed by atoms with Crippen LogP contribution in [-0.2, 0) is 21.0 Å². The van der Waals surface area contributed by atoms with Crippen molar-refractivity contribution in [2.24, 2.45) is 11.8 Å². The molecule has 2 aliphatic heterocycles. The average Bonchev–Trinajstić information content (AvgIpc) is 2.74. The zero-order valence-corrected chi connectivity index (χ0v) is 17.5. The van der Waals surface area contributed by atoms with E-state index in [0.29, 0.717) is 30.0 Å². The van der Waals surface area contributed by atoms with Crippen molar-refractivity contribution in [3.63, 3.8) is 0 Å². The molecule has 0 saturated carbocycles. The number of nitrogens with zero attached hydrogens (tertiary/aromatic N) is 1. The highest BCUT2D eigenvalue weighted by Crippen LogP contribution is 2.43. The van der Waals surface area contributed by atoms with Crippen molar-refractivity contribution in [3.8, 4) is 11.5 Å². The number of hydrogen-bond acceptors (Lipinski definition) is 6. The molecule has 0 spiro atoms. The van der Waals surface area contributed by atoms with Gasteiger partial charge in [-0.25, -0.2) is 4.79 Å². The van der Waals surface area contributed by atoms with E-state index >= 15 is 0 Å². The van der Waals surface area contributed by atoms with Crippen LogP contribution in [0.4, 0.5) is 0 Å². The number of likely N-dealkylation sites (tertiary alicyclic amines) is 1. The quantitative estimate of drug-likeness (QED) is 0.413. The number of ether oxygens (including phenoxy) is 2. The lowest BCUT2D eigenvalue weighted by molar-refractivity contribution is -0.305. The highest BCUT2D eigenvalue weighted by Gasteiger charge is 2.47. The van der Waals surface area contributed by atoms with Crippen LogP contribution in [0.1, 0.15) is 38.2 Å². The van der Waals surface area contributed by atoms with E-state index in [1.807, 2.05) is 19.1 Å². The molecule has 2 heterocycles. The summed E-state index contributed by atoms with van der Waals surface area (Å²) >= 11 is 0. The van der Waals surface area contributed by atoms with Crippen LogP contribution in [-0.4, -0.2) is 49.8 Å². The van der Waals surface area contributed by atoms with Crippen LogP contribution < -0.4 is 9.47 Å². The maximum Gasteiger partial charge on any atom is 0.342 e. The molecule has 1 aromatic rings. The van der Waals surface area contributed by atoms with Gasteiger partial charge in [0, 0.05) is 18.4 Å². The van der Waals surface area contributed by atoms with Crippen molar-refractivity contribution in [1.29, 1.82) is 0 Å². The highest BCUT2D eigenvalue weighted by molar-refractivity contribution is 5.68. The molecule has 1 aromatic carbocycles. The summed E-state index contributed by atoms with van der Waals surface area (Å²) in [6.45, 7) is 3.05. The van der Waals surface area contributed by atoms with Crippen LogP contribution in [0.2, 0.25) is 0 Å². The number of hydrogen-bond donors (Lipinski definition) is 0. The predicted molar refractivity (Wildman–Crippen MR) is 109 cm³/mol. The molecule has 6 bridgehead atoms. The molecule has 1 fully saturated rings. The summed E-state index contributed by atoms with van der Waals surface area (Å²) < 4.78 is 12.0. The predicted octanol–water partition coefficient (Wildman–Crippen LogP) is 3.54. The number of piperidine rings is 1. The summed E-state index contributed by atoms with van der Waals surface area (Å²) in [6, 6.07) is 6.57. The normalized spacial score (nSPS) is 30.5. The maximum atomic E-state index is 12.0. The summed E-state index contributed by atoms with van der Waals surface area (Å²) in [5, 5.41) is 0. The number of benzene rings is 1. The van der Waals surface area contributed by atoms with Gasteiger partial charge in [-0.05, 0) is 56.5 Å². The van der Waals surface area contributed by atoms with Crippen LogP contribution in [0.5, 0.6) is 11.5 Å². The molecule has 0 unspecified atom stereocenters. The Bertz CT molecular complexity index is 764. The lowest BCUT2D eigenvalue weighted by Crippen LogP contribution is -2.55. The molecule has 5 atom stereocenters. The van der Waals surface area contributed by atoms with E-state index < -0.39 is 6.10 Å². The van der Waals surface area contributed by atoms with Gasteiger partial charge in [-0.3, -0.25) is 4.89 Å². The minimum absolute atomic E-state index is 0.234. The summed E-state index contributed by atoms with van der Waals surface area (Å²) in [4.78, 5) is 25.2. The minimum Gasteiger partial charge on any atom is -0.493 e. The van der Waals surface area contributed by atoms with Gasteiger partial charge < -0.3 is 14.4 Å². The Kier molecular flexibility index (Phi) is 6.11. The Labute approximate surface area is 172 Å².